The van der Waals surface area contributed by atoms with Crippen LogP contribution in [0.1, 0.15) is 30.9 Å². The molecule has 0 bridgehead atoms. The van der Waals surface area contributed by atoms with E-state index in [1.807, 2.05) is 48.5 Å². The molecule has 7 nitrogen and oxygen atoms in total. The first kappa shape index (κ1) is 23.3. The number of esters is 2. The van der Waals surface area contributed by atoms with Crippen molar-refractivity contribution in [1.82, 2.24) is 4.57 Å². The third-order valence-electron chi connectivity index (χ3n) is 5.37. The van der Waals surface area contributed by atoms with Gasteiger partial charge in [0.25, 0.3) is 5.56 Å². The van der Waals surface area contributed by atoms with E-state index in [1.165, 1.54) is 4.57 Å². The molecule has 1 aromatic heterocycles. The lowest BCUT2D eigenvalue weighted by Crippen LogP contribution is -2.42. The van der Waals surface area contributed by atoms with Crippen LogP contribution in [0.4, 0.5) is 0 Å². The maximum atomic E-state index is 13.4. The fourth-order valence-electron chi connectivity index (χ4n) is 3.94. The molecule has 1 aliphatic heterocycles. The molecule has 1 atom stereocenters. The summed E-state index contributed by atoms with van der Waals surface area (Å²) in [6, 6.07) is 18.4. The normalized spacial score (nSPS) is 15.8. The van der Waals surface area contributed by atoms with E-state index in [2.05, 4.69) is 0 Å². The van der Waals surface area contributed by atoms with Gasteiger partial charge in [0.15, 0.2) is 0 Å². The molecule has 0 unspecified atom stereocenters. The monoisotopic (exact) mass is 476 g/mol. The van der Waals surface area contributed by atoms with Gasteiger partial charge in [-0.05, 0) is 31.1 Å². The summed E-state index contributed by atoms with van der Waals surface area (Å²) in [4.78, 5) is 39.8. The maximum absolute atomic E-state index is 13.4. The van der Waals surface area contributed by atoms with Gasteiger partial charge in [0.1, 0.15) is 10.5 Å². The Balaban J connectivity index is 2.11. The molecule has 4 rings (SSSR count). The van der Waals surface area contributed by atoms with E-state index >= 15 is 0 Å². The average molecular weight is 477 g/mol. The van der Waals surface area contributed by atoms with Crippen molar-refractivity contribution < 1.29 is 19.1 Å². The molecule has 0 saturated carbocycles. The van der Waals surface area contributed by atoms with Crippen LogP contribution in [0.5, 0.6) is 0 Å². The zero-order chi connectivity index (χ0) is 24.2. The second-order valence-electron chi connectivity index (χ2n) is 7.46. The van der Waals surface area contributed by atoms with Gasteiger partial charge in [-0.2, -0.15) is 0 Å². The van der Waals surface area contributed by atoms with Crippen molar-refractivity contribution in [2.75, 3.05) is 13.2 Å². The van der Waals surface area contributed by atoms with Crippen LogP contribution >= 0.6 is 11.3 Å². The van der Waals surface area contributed by atoms with Crippen molar-refractivity contribution >= 4 is 40.7 Å². The van der Waals surface area contributed by atoms with Gasteiger partial charge in [-0.3, -0.25) is 9.36 Å². The SMILES string of the molecule is CCOC(=O)C1=C(N)n2c(s/c(=C\c3ccccc3)c2=O)=C(C(=O)OCC)[C@@H]1c1ccccc1. The quantitative estimate of drug-likeness (QED) is 0.546. The Morgan fingerprint density at radius 3 is 2.09 bits per heavy atom. The molecule has 174 valence electrons. The number of nitrogens with two attached hydrogens (primary N) is 1. The molecule has 34 heavy (non-hydrogen) atoms. The van der Waals surface area contributed by atoms with E-state index in [9.17, 15) is 14.4 Å². The van der Waals surface area contributed by atoms with Gasteiger partial charge in [0, 0.05) is 0 Å². The minimum absolute atomic E-state index is 0.0368. The molecule has 8 heteroatoms. The molecule has 2 N–H and O–H groups in total. The molecule has 1 aliphatic rings. The standard InChI is InChI=1S/C26H24N2O5S/c1-3-32-25(30)20-19(17-13-9-6-10-14-17)21(26(31)33-4-2)24-28(22(20)27)23(29)18(34-24)15-16-11-7-5-8-12-16/h5-15,19H,3-4,27H2,1-2H3/b18-15-/t19-/m1/s1. The molecule has 0 saturated heterocycles. The van der Waals surface area contributed by atoms with Gasteiger partial charge in [-0.1, -0.05) is 60.7 Å². The number of carbonyl (C=O) groups excluding carboxylic acids is 2. The van der Waals surface area contributed by atoms with E-state index in [-0.39, 0.29) is 30.2 Å². The third-order valence-corrected chi connectivity index (χ3v) is 6.48. The van der Waals surface area contributed by atoms with Crippen LogP contribution in [0, 0.1) is 0 Å². The predicted molar refractivity (Wildman–Crippen MR) is 131 cm³/mol. The van der Waals surface area contributed by atoms with Crippen molar-refractivity contribution in [3.8, 4) is 0 Å². The number of carbonyl (C=O) groups is 2. The summed E-state index contributed by atoms with van der Waals surface area (Å²) in [5, 5.41) is 0. The Bertz CT molecular complexity index is 1440. The number of hydrogen-bond acceptors (Lipinski definition) is 7. The van der Waals surface area contributed by atoms with Crippen LogP contribution in [0.15, 0.2) is 71.0 Å². The number of nitrogens with zero attached hydrogens (tertiary/aromatic N) is 1. The highest BCUT2D eigenvalue weighted by Gasteiger charge is 2.39. The van der Waals surface area contributed by atoms with Crippen LogP contribution in [0.2, 0.25) is 0 Å². The molecule has 0 spiro atoms. The molecule has 2 aromatic carbocycles. The lowest BCUT2D eigenvalue weighted by Gasteiger charge is -2.27. The van der Waals surface area contributed by atoms with Crippen molar-refractivity contribution in [3.63, 3.8) is 0 Å². The minimum Gasteiger partial charge on any atom is -0.463 e. The summed E-state index contributed by atoms with van der Waals surface area (Å²) in [5.74, 6) is -2.20. The number of benzene rings is 2. The first-order chi connectivity index (χ1) is 16.5. The number of hydrogen-bond donors (Lipinski definition) is 1. The molecule has 3 aromatic rings. The van der Waals surface area contributed by atoms with Gasteiger partial charge in [-0.25, -0.2) is 9.59 Å². The first-order valence-electron chi connectivity index (χ1n) is 10.9. The van der Waals surface area contributed by atoms with Gasteiger partial charge >= 0.3 is 11.9 Å². The van der Waals surface area contributed by atoms with Gasteiger partial charge < -0.3 is 15.2 Å². The van der Waals surface area contributed by atoms with Crippen LogP contribution in [0.25, 0.3) is 17.5 Å². The smallest absolute Gasteiger partial charge is 0.338 e. The van der Waals surface area contributed by atoms with Crippen LogP contribution in [0.3, 0.4) is 0 Å². The van der Waals surface area contributed by atoms with Crippen LogP contribution in [-0.2, 0) is 19.1 Å². The van der Waals surface area contributed by atoms with E-state index < -0.39 is 23.4 Å². The van der Waals surface area contributed by atoms with E-state index in [4.69, 9.17) is 15.2 Å². The Hall–Kier alpha value is -3.91. The molecule has 0 fully saturated rings. The lowest BCUT2D eigenvalue weighted by atomic mass is 9.83. The predicted octanol–water partition coefficient (Wildman–Crippen LogP) is 1.94. The summed E-state index contributed by atoms with van der Waals surface area (Å²) < 4.78 is 12.6. The summed E-state index contributed by atoms with van der Waals surface area (Å²) in [6.45, 7) is 3.63. The van der Waals surface area contributed by atoms with E-state index in [1.54, 1.807) is 32.1 Å². The van der Waals surface area contributed by atoms with Crippen molar-refractivity contribution in [1.29, 1.82) is 0 Å². The highest BCUT2D eigenvalue weighted by Crippen LogP contribution is 2.37. The lowest BCUT2D eigenvalue weighted by molar-refractivity contribution is -0.138. The number of fused-ring (bicyclic) bond motifs is 1. The highest BCUT2D eigenvalue weighted by atomic mass is 32.1. The zero-order valence-electron chi connectivity index (χ0n) is 18.8. The average Bonchev–Trinajstić information content (AvgIpc) is 3.16. The van der Waals surface area contributed by atoms with Gasteiger partial charge in [-0.15, -0.1) is 11.3 Å². The molecule has 0 amide bonds. The van der Waals surface area contributed by atoms with Crippen molar-refractivity contribution in [3.05, 3.63) is 96.9 Å². The van der Waals surface area contributed by atoms with Gasteiger partial charge in [0.05, 0.1) is 34.8 Å². The number of ether oxygens (including phenoxy) is 2. The Kier molecular flexibility index (Phi) is 6.79. The highest BCUT2D eigenvalue weighted by molar-refractivity contribution is 7.07. The molecule has 0 aliphatic carbocycles. The zero-order valence-corrected chi connectivity index (χ0v) is 19.6. The van der Waals surface area contributed by atoms with Crippen molar-refractivity contribution in [2.24, 2.45) is 5.73 Å². The largest absolute Gasteiger partial charge is 0.463 e. The maximum Gasteiger partial charge on any atom is 0.338 e. The first-order valence-corrected chi connectivity index (χ1v) is 11.7. The molecular formula is C26H24N2O5S. The second kappa shape index (κ2) is 9.93. The fourth-order valence-corrected chi connectivity index (χ4v) is 5.11. The molecule has 0 radical (unpaired) electrons. The van der Waals surface area contributed by atoms with Crippen molar-refractivity contribution in [2.45, 2.75) is 19.8 Å². The van der Waals surface area contributed by atoms with Crippen LogP contribution < -0.4 is 20.5 Å². The Morgan fingerprint density at radius 1 is 0.941 bits per heavy atom. The topological polar surface area (TPSA) is 101 Å². The number of aromatic nitrogens is 1. The Morgan fingerprint density at radius 2 is 1.50 bits per heavy atom. The third kappa shape index (κ3) is 4.20. The minimum atomic E-state index is -0.845. The summed E-state index contributed by atoms with van der Waals surface area (Å²) >= 11 is 1.14. The summed E-state index contributed by atoms with van der Waals surface area (Å²) in [6.07, 6.45) is 1.73. The summed E-state index contributed by atoms with van der Waals surface area (Å²) in [7, 11) is 0. The van der Waals surface area contributed by atoms with Gasteiger partial charge in [0.2, 0.25) is 0 Å². The second-order valence-corrected chi connectivity index (χ2v) is 8.49. The Labute approximate surface area is 200 Å². The number of thiazole rings is 1. The summed E-state index contributed by atoms with van der Waals surface area (Å²) in [5.41, 5.74) is 7.75. The fraction of sp³-hybridized carbons (Fsp3) is 0.192. The van der Waals surface area contributed by atoms with E-state index in [0.717, 1.165) is 16.9 Å². The van der Waals surface area contributed by atoms with Crippen LogP contribution in [-0.4, -0.2) is 29.7 Å². The van der Waals surface area contributed by atoms with E-state index in [0.29, 0.717) is 14.8 Å². The number of rotatable bonds is 6. The molecule has 2 heterocycles. The molecular weight excluding hydrogens is 452 g/mol.